The molecule has 0 amide bonds. The average Bonchev–Trinajstić information content (AvgIpc) is 2.85. The number of nitrogens with zero attached hydrogens (tertiary/aromatic N) is 1. The summed E-state index contributed by atoms with van der Waals surface area (Å²) >= 11 is 0. The minimum Gasteiger partial charge on any atom is -0.490 e. The van der Waals surface area contributed by atoms with Crippen LogP contribution in [0.1, 0.15) is 31.3 Å². The highest BCUT2D eigenvalue weighted by atomic mass is 19.3. The van der Waals surface area contributed by atoms with Gasteiger partial charge in [0.2, 0.25) is 0 Å². The Morgan fingerprint density at radius 3 is 2.80 bits per heavy atom. The lowest BCUT2D eigenvalue weighted by molar-refractivity contribution is -0.385. The molecule has 1 fully saturated rings. The first-order chi connectivity index (χ1) is 9.52. The van der Waals surface area contributed by atoms with Gasteiger partial charge in [-0.3, -0.25) is 10.1 Å². The van der Waals surface area contributed by atoms with Gasteiger partial charge in [0.05, 0.1) is 10.5 Å². The van der Waals surface area contributed by atoms with E-state index in [0.29, 0.717) is 6.54 Å². The minimum atomic E-state index is -2.82. The molecule has 0 saturated heterocycles. The van der Waals surface area contributed by atoms with Crippen molar-refractivity contribution in [2.24, 2.45) is 11.7 Å². The Labute approximate surface area is 114 Å². The van der Waals surface area contributed by atoms with Crippen molar-refractivity contribution in [1.29, 1.82) is 0 Å². The summed E-state index contributed by atoms with van der Waals surface area (Å²) in [7, 11) is 0. The highest BCUT2D eigenvalue weighted by Crippen LogP contribution is 2.36. The zero-order valence-corrected chi connectivity index (χ0v) is 10.8. The van der Waals surface area contributed by atoms with E-state index < -0.39 is 16.9 Å². The average molecular weight is 286 g/mol. The second-order valence-corrected chi connectivity index (χ2v) is 4.86. The van der Waals surface area contributed by atoms with Gasteiger partial charge in [0.25, 0.3) is 12.1 Å². The van der Waals surface area contributed by atoms with E-state index in [1.807, 2.05) is 0 Å². The van der Waals surface area contributed by atoms with Gasteiger partial charge >= 0.3 is 0 Å². The van der Waals surface area contributed by atoms with Crippen LogP contribution < -0.4 is 10.5 Å². The number of nitrogens with two attached hydrogens (primary N) is 1. The van der Waals surface area contributed by atoms with Crippen molar-refractivity contribution >= 4 is 5.69 Å². The minimum absolute atomic E-state index is 0.0101. The van der Waals surface area contributed by atoms with Crippen LogP contribution in [-0.4, -0.2) is 17.6 Å². The maximum Gasteiger partial charge on any atom is 0.270 e. The number of nitro benzene ring substituents is 1. The van der Waals surface area contributed by atoms with Crippen LogP contribution in [0.2, 0.25) is 0 Å². The van der Waals surface area contributed by atoms with Gasteiger partial charge in [-0.05, 0) is 31.9 Å². The van der Waals surface area contributed by atoms with Crippen molar-refractivity contribution in [3.8, 4) is 5.75 Å². The highest BCUT2D eigenvalue weighted by Gasteiger charge is 2.29. The molecule has 1 aliphatic carbocycles. The van der Waals surface area contributed by atoms with Crippen molar-refractivity contribution in [2.75, 3.05) is 6.54 Å². The van der Waals surface area contributed by atoms with Gasteiger partial charge in [0.1, 0.15) is 11.9 Å². The van der Waals surface area contributed by atoms with Gasteiger partial charge in [-0.1, -0.05) is 0 Å². The number of hydrogen-bond acceptors (Lipinski definition) is 4. The van der Waals surface area contributed by atoms with Crippen LogP contribution in [0, 0.1) is 16.0 Å². The van der Waals surface area contributed by atoms with E-state index in [0.717, 1.165) is 25.3 Å². The molecule has 110 valence electrons. The standard InChI is InChI=1S/C13H16F2N2O3/c14-13(15)10-6-9(17(18)19)4-5-12(10)20-11-3-1-2-8(11)7-16/h4-6,8,11,13H,1-3,7,16H2. The molecule has 1 aliphatic rings. The summed E-state index contributed by atoms with van der Waals surface area (Å²) in [6.45, 7) is 0.446. The van der Waals surface area contributed by atoms with Gasteiger partial charge in [-0.15, -0.1) is 0 Å². The van der Waals surface area contributed by atoms with Gasteiger partial charge in [-0.2, -0.15) is 0 Å². The summed E-state index contributed by atoms with van der Waals surface area (Å²) in [6, 6.07) is 3.28. The number of alkyl halides is 2. The van der Waals surface area contributed by atoms with E-state index in [1.54, 1.807) is 0 Å². The molecule has 1 aromatic carbocycles. The number of non-ortho nitro benzene ring substituents is 1. The molecular weight excluding hydrogens is 270 g/mol. The second kappa shape index (κ2) is 6.13. The van der Waals surface area contributed by atoms with Crippen LogP contribution in [0.25, 0.3) is 0 Å². The van der Waals surface area contributed by atoms with Crippen molar-refractivity contribution in [3.63, 3.8) is 0 Å². The summed E-state index contributed by atoms with van der Waals surface area (Å²) in [5.74, 6) is 0.159. The van der Waals surface area contributed by atoms with Crippen LogP contribution in [-0.2, 0) is 0 Å². The predicted molar refractivity (Wildman–Crippen MR) is 68.9 cm³/mol. The molecule has 0 aromatic heterocycles. The SMILES string of the molecule is NCC1CCCC1Oc1ccc([N+](=O)[O-])cc1C(F)F. The Morgan fingerprint density at radius 2 is 2.20 bits per heavy atom. The predicted octanol–water partition coefficient (Wildman–Crippen LogP) is 3.04. The van der Waals surface area contributed by atoms with Crippen LogP contribution in [0.15, 0.2) is 18.2 Å². The first-order valence-corrected chi connectivity index (χ1v) is 6.46. The largest absolute Gasteiger partial charge is 0.490 e. The first-order valence-electron chi connectivity index (χ1n) is 6.46. The Bertz CT molecular complexity index is 497. The fourth-order valence-corrected chi connectivity index (χ4v) is 2.52. The van der Waals surface area contributed by atoms with Crippen molar-refractivity contribution in [3.05, 3.63) is 33.9 Å². The second-order valence-electron chi connectivity index (χ2n) is 4.86. The lowest BCUT2D eigenvalue weighted by atomic mass is 10.1. The Hall–Kier alpha value is -1.76. The fraction of sp³-hybridized carbons (Fsp3) is 0.538. The summed E-state index contributed by atoms with van der Waals surface area (Å²) in [4.78, 5) is 9.93. The quantitative estimate of drug-likeness (QED) is 0.666. The Kier molecular flexibility index (Phi) is 4.49. The van der Waals surface area contributed by atoms with Crippen molar-refractivity contribution < 1.29 is 18.4 Å². The molecule has 1 aromatic rings. The third kappa shape index (κ3) is 3.04. The summed E-state index contributed by atoms with van der Waals surface area (Å²) in [5.41, 5.74) is 4.81. The van der Waals surface area contributed by atoms with E-state index in [9.17, 15) is 18.9 Å². The van der Waals surface area contributed by atoms with Crippen LogP contribution in [0.3, 0.4) is 0 Å². The highest BCUT2D eigenvalue weighted by molar-refractivity contribution is 5.44. The lowest BCUT2D eigenvalue weighted by Gasteiger charge is -2.21. The topological polar surface area (TPSA) is 78.4 Å². The summed E-state index contributed by atoms with van der Waals surface area (Å²) < 4.78 is 31.6. The molecule has 0 bridgehead atoms. The normalized spacial score (nSPS) is 22.2. The van der Waals surface area contributed by atoms with Crippen molar-refractivity contribution in [2.45, 2.75) is 31.8 Å². The zero-order valence-electron chi connectivity index (χ0n) is 10.8. The molecule has 20 heavy (non-hydrogen) atoms. The van der Waals surface area contributed by atoms with Gasteiger partial charge < -0.3 is 10.5 Å². The number of hydrogen-bond donors (Lipinski definition) is 1. The number of benzene rings is 1. The smallest absolute Gasteiger partial charge is 0.270 e. The molecular formula is C13H16F2N2O3. The van der Waals surface area contributed by atoms with E-state index in [-0.39, 0.29) is 23.5 Å². The third-order valence-corrected chi connectivity index (χ3v) is 3.61. The van der Waals surface area contributed by atoms with E-state index in [2.05, 4.69) is 0 Å². The molecule has 2 unspecified atom stereocenters. The zero-order chi connectivity index (χ0) is 14.7. The van der Waals surface area contributed by atoms with Crippen molar-refractivity contribution in [1.82, 2.24) is 0 Å². The molecule has 5 nitrogen and oxygen atoms in total. The Balaban J connectivity index is 2.24. The summed E-state index contributed by atoms with van der Waals surface area (Å²) in [6.07, 6.45) is -0.384. The molecule has 2 rings (SSSR count). The van der Waals surface area contributed by atoms with Gasteiger partial charge in [0.15, 0.2) is 0 Å². The van der Waals surface area contributed by atoms with Crippen LogP contribution in [0.5, 0.6) is 5.75 Å². The summed E-state index contributed by atoms with van der Waals surface area (Å²) in [5, 5.41) is 10.6. The maximum absolute atomic E-state index is 13.0. The number of halogens is 2. The van der Waals surface area contributed by atoms with Crippen LogP contribution >= 0.6 is 0 Å². The van der Waals surface area contributed by atoms with Gasteiger partial charge in [-0.25, -0.2) is 8.78 Å². The molecule has 0 aliphatic heterocycles. The first kappa shape index (κ1) is 14.6. The third-order valence-electron chi connectivity index (χ3n) is 3.61. The number of ether oxygens (including phenoxy) is 1. The fourth-order valence-electron chi connectivity index (χ4n) is 2.52. The monoisotopic (exact) mass is 286 g/mol. The molecule has 2 N–H and O–H groups in total. The number of nitro groups is 1. The lowest BCUT2D eigenvalue weighted by Crippen LogP contribution is -2.28. The molecule has 2 atom stereocenters. The Morgan fingerprint density at radius 1 is 1.45 bits per heavy atom. The van der Waals surface area contributed by atoms with E-state index in [1.165, 1.54) is 12.1 Å². The van der Waals surface area contributed by atoms with E-state index >= 15 is 0 Å². The van der Waals surface area contributed by atoms with Gasteiger partial charge in [0, 0.05) is 18.1 Å². The molecule has 0 heterocycles. The molecule has 7 heteroatoms. The maximum atomic E-state index is 13.0. The molecule has 1 saturated carbocycles. The van der Waals surface area contributed by atoms with Crippen LogP contribution in [0.4, 0.5) is 14.5 Å². The molecule has 0 radical (unpaired) electrons. The molecule has 0 spiro atoms. The van der Waals surface area contributed by atoms with E-state index in [4.69, 9.17) is 10.5 Å². The number of rotatable bonds is 5.